The summed E-state index contributed by atoms with van der Waals surface area (Å²) in [6, 6.07) is 0. The van der Waals surface area contributed by atoms with Crippen LogP contribution in [0.5, 0.6) is 0 Å². The summed E-state index contributed by atoms with van der Waals surface area (Å²) >= 11 is 1.61. The van der Waals surface area contributed by atoms with Gasteiger partial charge in [-0.15, -0.1) is 0 Å². The van der Waals surface area contributed by atoms with Crippen LogP contribution in [0.3, 0.4) is 0 Å². The van der Waals surface area contributed by atoms with Crippen molar-refractivity contribution >= 4 is 23.7 Å². The highest BCUT2D eigenvalue weighted by Gasteiger charge is 2.08. The summed E-state index contributed by atoms with van der Waals surface area (Å²) in [6.07, 6.45) is 0. The Morgan fingerprint density at radius 3 is 2.37 bits per heavy atom. The number of hydrogen-bond acceptors (Lipinski definition) is 8. The van der Waals surface area contributed by atoms with Gasteiger partial charge in [-0.3, -0.25) is 5.43 Å². The monoisotopic (exact) mass is 285 g/mol. The van der Waals surface area contributed by atoms with E-state index in [-0.39, 0.29) is 0 Å². The Morgan fingerprint density at radius 1 is 1.16 bits per heavy atom. The molecule has 1 heterocycles. The molecule has 0 saturated carbocycles. The lowest BCUT2D eigenvalue weighted by Gasteiger charge is -2.17. The standard InChI is InChI=1S/C11H23N7S/c1-5-18(6-2)7-8-19-11-14-9(16-12)13-10(15-11)17(3)4/h5-8,12H2,1-4H3,(H,13,14,15,16). The number of hydrazine groups is 1. The molecule has 0 fully saturated rings. The van der Waals surface area contributed by atoms with Crippen molar-refractivity contribution in [3.05, 3.63) is 0 Å². The minimum atomic E-state index is 0.393. The lowest BCUT2D eigenvalue weighted by Crippen LogP contribution is -2.25. The summed E-state index contributed by atoms with van der Waals surface area (Å²) in [4.78, 5) is 17.0. The fourth-order valence-electron chi connectivity index (χ4n) is 1.48. The first-order chi connectivity index (χ1) is 9.10. The van der Waals surface area contributed by atoms with Crippen LogP contribution in [0.15, 0.2) is 5.16 Å². The summed E-state index contributed by atoms with van der Waals surface area (Å²) < 4.78 is 0. The third-order valence-electron chi connectivity index (χ3n) is 2.67. The number of anilines is 2. The van der Waals surface area contributed by atoms with Gasteiger partial charge in [-0.1, -0.05) is 25.6 Å². The quantitative estimate of drug-likeness (QED) is 0.409. The molecular weight excluding hydrogens is 262 g/mol. The van der Waals surface area contributed by atoms with E-state index in [4.69, 9.17) is 5.84 Å². The Balaban J connectivity index is 2.64. The van der Waals surface area contributed by atoms with Gasteiger partial charge in [0, 0.05) is 26.4 Å². The second kappa shape index (κ2) is 8.13. The average molecular weight is 285 g/mol. The molecule has 108 valence electrons. The Labute approximate surface area is 119 Å². The first kappa shape index (κ1) is 15.9. The predicted molar refractivity (Wildman–Crippen MR) is 80.5 cm³/mol. The van der Waals surface area contributed by atoms with Gasteiger partial charge in [0.2, 0.25) is 11.9 Å². The maximum atomic E-state index is 5.37. The molecule has 0 bridgehead atoms. The van der Waals surface area contributed by atoms with E-state index in [1.165, 1.54) is 0 Å². The second-order valence-electron chi connectivity index (χ2n) is 4.16. The van der Waals surface area contributed by atoms with Gasteiger partial charge in [-0.05, 0) is 13.1 Å². The fourth-order valence-corrected chi connectivity index (χ4v) is 2.31. The van der Waals surface area contributed by atoms with Crippen LogP contribution in [-0.2, 0) is 0 Å². The molecule has 1 aromatic heterocycles. The molecule has 0 aromatic carbocycles. The molecule has 0 spiro atoms. The number of nitrogen functional groups attached to an aromatic ring is 1. The molecular formula is C11H23N7S. The first-order valence-corrected chi connectivity index (χ1v) is 7.34. The van der Waals surface area contributed by atoms with E-state index in [1.54, 1.807) is 11.8 Å². The van der Waals surface area contributed by atoms with Gasteiger partial charge < -0.3 is 9.80 Å². The molecule has 0 saturated heterocycles. The molecule has 0 atom stereocenters. The third kappa shape index (κ3) is 5.17. The van der Waals surface area contributed by atoms with Crippen molar-refractivity contribution in [1.29, 1.82) is 0 Å². The zero-order valence-corrected chi connectivity index (χ0v) is 12.9. The van der Waals surface area contributed by atoms with E-state index >= 15 is 0 Å². The smallest absolute Gasteiger partial charge is 0.242 e. The van der Waals surface area contributed by atoms with Crippen LogP contribution in [0, 0.1) is 0 Å². The van der Waals surface area contributed by atoms with Crippen LogP contribution in [0.2, 0.25) is 0 Å². The van der Waals surface area contributed by atoms with Crippen molar-refractivity contribution in [2.24, 2.45) is 5.84 Å². The van der Waals surface area contributed by atoms with Gasteiger partial charge in [0.05, 0.1) is 0 Å². The number of nitrogens with two attached hydrogens (primary N) is 1. The largest absolute Gasteiger partial charge is 0.347 e. The van der Waals surface area contributed by atoms with Crippen molar-refractivity contribution in [2.45, 2.75) is 19.0 Å². The molecule has 0 aliphatic carbocycles. The average Bonchev–Trinajstić information content (AvgIpc) is 2.43. The summed E-state index contributed by atoms with van der Waals surface area (Å²) in [5.41, 5.74) is 2.47. The Morgan fingerprint density at radius 2 is 1.84 bits per heavy atom. The minimum Gasteiger partial charge on any atom is -0.347 e. The molecule has 1 rings (SSSR count). The maximum Gasteiger partial charge on any atom is 0.242 e. The highest BCUT2D eigenvalue weighted by Crippen LogP contribution is 2.17. The van der Waals surface area contributed by atoms with E-state index in [1.807, 2.05) is 19.0 Å². The highest BCUT2D eigenvalue weighted by atomic mass is 32.2. The van der Waals surface area contributed by atoms with Crippen molar-refractivity contribution in [3.8, 4) is 0 Å². The summed E-state index contributed by atoms with van der Waals surface area (Å²) in [6.45, 7) is 7.47. The number of rotatable bonds is 8. The molecule has 0 amide bonds. The van der Waals surface area contributed by atoms with E-state index in [0.717, 1.165) is 25.4 Å². The third-order valence-corrected chi connectivity index (χ3v) is 3.49. The number of aromatic nitrogens is 3. The van der Waals surface area contributed by atoms with Crippen molar-refractivity contribution in [2.75, 3.05) is 49.8 Å². The molecule has 7 nitrogen and oxygen atoms in total. The van der Waals surface area contributed by atoms with Gasteiger partial charge in [0.1, 0.15) is 0 Å². The summed E-state index contributed by atoms with van der Waals surface area (Å²) in [5, 5.41) is 0.693. The van der Waals surface area contributed by atoms with Crippen molar-refractivity contribution < 1.29 is 0 Å². The number of hydrogen-bond donors (Lipinski definition) is 2. The van der Waals surface area contributed by atoms with Crippen molar-refractivity contribution in [3.63, 3.8) is 0 Å². The first-order valence-electron chi connectivity index (χ1n) is 6.35. The van der Waals surface area contributed by atoms with Gasteiger partial charge in [0.25, 0.3) is 0 Å². The van der Waals surface area contributed by atoms with E-state index < -0.39 is 0 Å². The molecule has 19 heavy (non-hydrogen) atoms. The normalized spacial score (nSPS) is 10.8. The van der Waals surface area contributed by atoms with Gasteiger partial charge in [-0.2, -0.15) is 15.0 Å². The summed E-state index contributed by atoms with van der Waals surface area (Å²) in [5.74, 6) is 7.31. The van der Waals surface area contributed by atoms with Gasteiger partial charge >= 0.3 is 0 Å². The topological polar surface area (TPSA) is 83.2 Å². The number of nitrogens with zero attached hydrogens (tertiary/aromatic N) is 5. The van der Waals surface area contributed by atoms with Crippen LogP contribution in [0.1, 0.15) is 13.8 Å². The van der Waals surface area contributed by atoms with Gasteiger partial charge in [-0.25, -0.2) is 5.84 Å². The molecule has 0 radical (unpaired) electrons. The van der Waals surface area contributed by atoms with E-state index in [9.17, 15) is 0 Å². The van der Waals surface area contributed by atoms with Crippen LogP contribution in [-0.4, -0.2) is 59.3 Å². The zero-order chi connectivity index (χ0) is 14.3. The van der Waals surface area contributed by atoms with Crippen LogP contribution < -0.4 is 16.2 Å². The molecule has 1 aromatic rings. The molecule has 0 unspecified atom stereocenters. The lowest BCUT2D eigenvalue weighted by molar-refractivity contribution is 0.324. The fraction of sp³-hybridized carbons (Fsp3) is 0.727. The van der Waals surface area contributed by atoms with E-state index in [0.29, 0.717) is 17.1 Å². The number of nitrogens with one attached hydrogen (secondary N) is 1. The molecule has 0 aliphatic heterocycles. The Hall–Kier alpha value is -1.12. The SMILES string of the molecule is CCN(CC)CCSc1nc(NN)nc(N(C)C)n1. The van der Waals surface area contributed by atoms with Crippen LogP contribution in [0.4, 0.5) is 11.9 Å². The molecule has 8 heteroatoms. The van der Waals surface area contributed by atoms with Crippen LogP contribution in [0.25, 0.3) is 0 Å². The molecule has 3 N–H and O–H groups in total. The summed E-state index contributed by atoms with van der Waals surface area (Å²) in [7, 11) is 3.78. The lowest BCUT2D eigenvalue weighted by atomic mass is 10.5. The minimum absolute atomic E-state index is 0.393. The van der Waals surface area contributed by atoms with Gasteiger partial charge in [0.15, 0.2) is 5.16 Å². The number of thioether (sulfide) groups is 1. The molecule has 0 aliphatic rings. The predicted octanol–water partition coefficient (Wildman–Crippen LogP) is 0.657. The van der Waals surface area contributed by atoms with Crippen molar-refractivity contribution in [1.82, 2.24) is 19.9 Å². The Kier molecular flexibility index (Phi) is 6.82. The zero-order valence-electron chi connectivity index (χ0n) is 12.1. The highest BCUT2D eigenvalue weighted by molar-refractivity contribution is 7.99. The maximum absolute atomic E-state index is 5.37. The van der Waals surface area contributed by atoms with Crippen LogP contribution >= 0.6 is 11.8 Å². The van der Waals surface area contributed by atoms with E-state index in [2.05, 4.69) is 39.1 Å². The Bertz CT molecular complexity index is 381. The second-order valence-corrected chi connectivity index (χ2v) is 5.22.